The number of likely N-dealkylation sites (N-methyl/N-ethyl adjacent to an activating group) is 1. The van der Waals surface area contributed by atoms with Crippen LogP contribution in [0, 0.1) is 5.92 Å². The maximum atomic E-state index is 5.98. The van der Waals surface area contributed by atoms with Crippen LogP contribution in [0.15, 0.2) is 0 Å². The monoisotopic (exact) mass is 185 g/mol. The summed E-state index contributed by atoms with van der Waals surface area (Å²) in [6.07, 6.45) is 6.21. The first-order valence-corrected chi connectivity index (χ1v) is 5.54. The lowest BCUT2D eigenvalue weighted by Crippen LogP contribution is -2.33. The molecule has 0 spiro atoms. The molecular formula is C11H23NO. The molecule has 13 heavy (non-hydrogen) atoms. The molecule has 1 saturated carbocycles. The predicted octanol–water partition coefficient (Wildman–Crippen LogP) is 2.19. The fourth-order valence-electron chi connectivity index (χ4n) is 2.12. The van der Waals surface area contributed by atoms with Gasteiger partial charge in [-0.3, -0.25) is 0 Å². The first kappa shape index (κ1) is 11.0. The molecule has 78 valence electrons. The fourth-order valence-corrected chi connectivity index (χ4v) is 2.12. The van der Waals surface area contributed by atoms with Gasteiger partial charge in [-0.25, -0.2) is 0 Å². The second-order valence-electron chi connectivity index (χ2n) is 4.30. The van der Waals surface area contributed by atoms with Gasteiger partial charge in [0.2, 0.25) is 0 Å². The molecular weight excluding hydrogens is 162 g/mol. The average molecular weight is 185 g/mol. The molecule has 1 N–H and O–H groups in total. The van der Waals surface area contributed by atoms with Gasteiger partial charge in [-0.1, -0.05) is 19.8 Å². The molecule has 0 heterocycles. The third-order valence-corrected chi connectivity index (χ3v) is 2.93. The molecule has 1 aliphatic carbocycles. The second kappa shape index (κ2) is 5.61. The topological polar surface area (TPSA) is 21.3 Å². The number of hydrogen-bond donors (Lipinski definition) is 1. The smallest absolute Gasteiger partial charge is 0.0675 e. The standard InChI is InChI=1S/C11H23NO/c1-9-6-4-5-7-11(9)13-10(2)8-12-3/h9-12H,4-8H2,1-3H3. The van der Waals surface area contributed by atoms with Crippen LogP contribution in [0.4, 0.5) is 0 Å². The molecule has 0 aromatic carbocycles. The molecule has 0 bridgehead atoms. The maximum Gasteiger partial charge on any atom is 0.0675 e. The molecule has 3 unspecified atom stereocenters. The van der Waals surface area contributed by atoms with Crippen molar-refractivity contribution < 1.29 is 4.74 Å². The highest BCUT2D eigenvalue weighted by Gasteiger charge is 2.23. The Morgan fingerprint density at radius 2 is 2.08 bits per heavy atom. The normalized spacial score (nSPS) is 31.6. The van der Waals surface area contributed by atoms with Gasteiger partial charge in [0, 0.05) is 6.54 Å². The van der Waals surface area contributed by atoms with Gasteiger partial charge in [-0.05, 0) is 32.7 Å². The Labute approximate surface area is 82.0 Å². The van der Waals surface area contributed by atoms with Crippen molar-refractivity contribution >= 4 is 0 Å². The summed E-state index contributed by atoms with van der Waals surface area (Å²) in [6.45, 7) is 5.43. The highest BCUT2D eigenvalue weighted by atomic mass is 16.5. The van der Waals surface area contributed by atoms with Gasteiger partial charge in [-0.15, -0.1) is 0 Å². The van der Waals surface area contributed by atoms with Gasteiger partial charge >= 0.3 is 0 Å². The van der Waals surface area contributed by atoms with Crippen molar-refractivity contribution in [1.29, 1.82) is 0 Å². The highest BCUT2D eigenvalue weighted by Crippen LogP contribution is 2.26. The van der Waals surface area contributed by atoms with Crippen LogP contribution < -0.4 is 5.32 Å². The lowest BCUT2D eigenvalue weighted by molar-refractivity contribution is -0.0460. The minimum atomic E-state index is 0.357. The van der Waals surface area contributed by atoms with E-state index in [2.05, 4.69) is 19.2 Å². The van der Waals surface area contributed by atoms with E-state index in [1.807, 2.05) is 7.05 Å². The van der Waals surface area contributed by atoms with Gasteiger partial charge in [0.25, 0.3) is 0 Å². The van der Waals surface area contributed by atoms with E-state index in [1.54, 1.807) is 0 Å². The number of rotatable bonds is 4. The van der Waals surface area contributed by atoms with Crippen molar-refractivity contribution in [1.82, 2.24) is 5.32 Å². The van der Waals surface area contributed by atoms with Crippen LogP contribution in [0.25, 0.3) is 0 Å². The van der Waals surface area contributed by atoms with Gasteiger partial charge in [-0.2, -0.15) is 0 Å². The quantitative estimate of drug-likeness (QED) is 0.725. The summed E-state index contributed by atoms with van der Waals surface area (Å²) in [5.74, 6) is 0.757. The van der Waals surface area contributed by atoms with E-state index >= 15 is 0 Å². The van der Waals surface area contributed by atoms with Crippen LogP contribution in [0.5, 0.6) is 0 Å². The summed E-state index contributed by atoms with van der Waals surface area (Å²) in [7, 11) is 1.98. The number of hydrogen-bond acceptors (Lipinski definition) is 2. The van der Waals surface area contributed by atoms with Crippen molar-refractivity contribution in [3.05, 3.63) is 0 Å². The second-order valence-corrected chi connectivity index (χ2v) is 4.30. The van der Waals surface area contributed by atoms with Gasteiger partial charge < -0.3 is 10.1 Å². The first-order chi connectivity index (χ1) is 6.24. The van der Waals surface area contributed by atoms with Gasteiger partial charge in [0.15, 0.2) is 0 Å². The SMILES string of the molecule is CNCC(C)OC1CCCCC1C. The zero-order valence-corrected chi connectivity index (χ0v) is 9.18. The fraction of sp³-hybridized carbons (Fsp3) is 1.00. The van der Waals surface area contributed by atoms with Crippen LogP contribution in [0.1, 0.15) is 39.5 Å². The van der Waals surface area contributed by atoms with Crippen LogP contribution in [0.3, 0.4) is 0 Å². The van der Waals surface area contributed by atoms with E-state index in [4.69, 9.17) is 4.74 Å². The molecule has 0 aliphatic heterocycles. The van der Waals surface area contributed by atoms with Crippen molar-refractivity contribution in [2.75, 3.05) is 13.6 Å². The molecule has 0 aromatic heterocycles. The highest BCUT2D eigenvalue weighted by molar-refractivity contribution is 4.73. The van der Waals surface area contributed by atoms with E-state index in [1.165, 1.54) is 25.7 Å². The van der Waals surface area contributed by atoms with Crippen molar-refractivity contribution in [2.45, 2.75) is 51.7 Å². The number of nitrogens with one attached hydrogen (secondary N) is 1. The Morgan fingerprint density at radius 3 is 2.69 bits per heavy atom. The molecule has 0 aromatic rings. The molecule has 1 rings (SSSR count). The summed E-state index contributed by atoms with van der Waals surface area (Å²) in [5.41, 5.74) is 0. The third kappa shape index (κ3) is 3.65. The molecule has 1 fully saturated rings. The van der Waals surface area contributed by atoms with Crippen LogP contribution in [0.2, 0.25) is 0 Å². The Balaban J connectivity index is 2.25. The van der Waals surface area contributed by atoms with Crippen molar-refractivity contribution in [2.24, 2.45) is 5.92 Å². The summed E-state index contributed by atoms with van der Waals surface area (Å²) in [6, 6.07) is 0. The Morgan fingerprint density at radius 1 is 1.38 bits per heavy atom. The van der Waals surface area contributed by atoms with Crippen LogP contribution >= 0.6 is 0 Å². The molecule has 0 radical (unpaired) electrons. The molecule has 0 saturated heterocycles. The largest absolute Gasteiger partial charge is 0.374 e. The minimum absolute atomic E-state index is 0.357. The van der Waals surface area contributed by atoms with Gasteiger partial charge in [0.05, 0.1) is 12.2 Å². The predicted molar refractivity (Wildman–Crippen MR) is 55.9 cm³/mol. The van der Waals surface area contributed by atoms with E-state index < -0.39 is 0 Å². The maximum absolute atomic E-state index is 5.98. The third-order valence-electron chi connectivity index (χ3n) is 2.93. The van der Waals surface area contributed by atoms with Crippen molar-refractivity contribution in [3.8, 4) is 0 Å². The van der Waals surface area contributed by atoms with E-state index in [0.29, 0.717) is 12.2 Å². The lowest BCUT2D eigenvalue weighted by atomic mass is 9.88. The average Bonchev–Trinajstić information content (AvgIpc) is 2.09. The summed E-state index contributed by atoms with van der Waals surface area (Å²) in [4.78, 5) is 0. The van der Waals surface area contributed by atoms with E-state index in [9.17, 15) is 0 Å². The molecule has 2 nitrogen and oxygen atoms in total. The number of ether oxygens (including phenoxy) is 1. The zero-order valence-electron chi connectivity index (χ0n) is 9.18. The Bertz CT molecular complexity index is 138. The summed E-state index contributed by atoms with van der Waals surface area (Å²) < 4.78 is 5.98. The lowest BCUT2D eigenvalue weighted by Gasteiger charge is -2.31. The molecule has 3 atom stereocenters. The summed E-state index contributed by atoms with van der Waals surface area (Å²) >= 11 is 0. The Hall–Kier alpha value is -0.0800. The van der Waals surface area contributed by atoms with E-state index in [0.717, 1.165) is 12.5 Å². The minimum Gasteiger partial charge on any atom is -0.374 e. The van der Waals surface area contributed by atoms with Crippen LogP contribution in [-0.4, -0.2) is 25.8 Å². The van der Waals surface area contributed by atoms with Gasteiger partial charge in [0.1, 0.15) is 0 Å². The van der Waals surface area contributed by atoms with Crippen molar-refractivity contribution in [3.63, 3.8) is 0 Å². The molecule has 2 heteroatoms. The molecule has 0 amide bonds. The zero-order chi connectivity index (χ0) is 9.68. The first-order valence-electron chi connectivity index (χ1n) is 5.54. The summed E-state index contributed by atoms with van der Waals surface area (Å²) in [5, 5.41) is 3.15. The molecule has 1 aliphatic rings. The Kier molecular flexibility index (Phi) is 4.74. The van der Waals surface area contributed by atoms with E-state index in [-0.39, 0.29) is 0 Å². The van der Waals surface area contributed by atoms with Crippen LogP contribution in [-0.2, 0) is 4.74 Å².